The Hall–Kier alpha value is -2.88. The number of thiocarbonyl (C=S) groups is 1. The molecule has 0 radical (unpaired) electrons. The highest BCUT2D eigenvalue weighted by molar-refractivity contribution is 7.80. The molecule has 0 saturated carbocycles. The Bertz CT molecular complexity index is 890. The molecule has 1 aromatic carbocycles. The standard InChI is InChI=1S/C16H18F4N4O2S.C2HF3O2/c17-11-5-9(6-12(18)13(11)23-3-1-21-2-4-23)24-8-10(26-16(24)25)7-22-15(27)14(19)20;3-2(4,5)1(6)7/h5-6,10,14,21H,1-4,7-8H2,(H,22,27);(H,6,7)/t10-;/m0./s1. The molecule has 0 unspecified atom stereocenters. The zero-order valence-corrected chi connectivity index (χ0v) is 18.0. The molecule has 16 heteroatoms. The van der Waals surface area contributed by atoms with Crippen LogP contribution in [0.1, 0.15) is 0 Å². The fraction of sp³-hybridized carbons (Fsp3) is 0.500. The monoisotopic (exact) mass is 520 g/mol. The van der Waals surface area contributed by atoms with E-state index in [2.05, 4.69) is 22.9 Å². The first kappa shape index (κ1) is 27.4. The number of carboxylic acids is 1. The van der Waals surface area contributed by atoms with Crippen molar-refractivity contribution < 1.29 is 50.2 Å². The normalized spacial score (nSPS) is 18.4. The first-order chi connectivity index (χ1) is 15.8. The number of nitrogens with one attached hydrogen (secondary N) is 2. The van der Waals surface area contributed by atoms with Gasteiger partial charge in [-0.25, -0.2) is 27.2 Å². The first-order valence-corrected chi connectivity index (χ1v) is 10.0. The molecule has 0 aliphatic carbocycles. The van der Waals surface area contributed by atoms with Crippen LogP contribution in [0.25, 0.3) is 0 Å². The average molecular weight is 520 g/mol. The molecule has 2 aliphatic rings. The van der Waals surface area contributed by atoms with Gasteiger partial charge in [0.2, 0.25) is 0 Å². The molecular weight excluding hydrogens is 501 g/mol. The second-order valence-electron chi connectivity index (χ2n) is 6.96. The van der Waals surface area contributed by atoms with Crippen molar-refractivity contribution in [2.24, 2.45) is 0 Å². The van der Waals surface area contributed by atoms with E-state index in [4.69, 9.17) is 14.6 Å². The van der Waals surface area contributed by atoms with Gasteiger partial charge in [-0.05, 0) is 0 Å². The van der Waals surface area contributed by atoms with Gasteiger partial charge < -0.3 is 25.4 Å². The number of amides is 1. The number of cyclic esters (lactones) is 1. The maximum atomic E-state index is 14.5. The van der Waals surface area contributed by atoms with Crippen molar-refractivity contribution >= 4 is 40.6 Å². The maximum absolute atomic E-state index is 14.5. The molecule has 2 heterocycles. The average Bonchev–Trinajstić information content (AvgIpc) is 3.12. The van der Waals surface area contributed by atoms with Crippen LogP contribution in [-0.4, -0.2) is 80.1 Å². The number of halogens is 7. The topological polar surface area (TPSA) is 94.1 Å². The molecule has 2 saturated heterocycles. The van der Waals surface area contributed by atoms with Crippen LogP contribution in [0.4, 0.5) is 46.9 Å². The largest absolute Gasteiger partial charge is 0.490 e. The number of hydrogen-bond acceptors (Lipinski definition) is 6. The van der Waals surface area contributed by atoms with Crippen LogP contribution in [0.3, 0.4) is 0 Å². The van der Waals surface area contributed by atoms with Gasteiger partial charge in [-0.1, -0.05) is 12.2 Å². The van der Waals surface area contributed by atoms with E-state index < -0.39 is 47.4 Å². The Morgan fingerprint density at radius 3 is 2.24 bits per heavy atom. The van der Waals surface area contributed by atoms with Crippen LogP contribution in [0.5, 0.6) is 0 Å². The minimum absolute atomic E-state index is 0.00724. The summed E-state index contributed by atoms with van der Waals surface area (Å²) in [5, 5.41) is 12.5. The number of ether oxygens (including phenoxy) is 1. The quantitative estimate of drug-likeness (QED) is 0.403. The van der Waals surface area contributed by atoms with Gasteiger partial charge in [0.05, 0.1) is 18.8 Å². The predicted molar refractivity (Wildman–Crippen MR) is 109 cm³/mol. The number of carbonyl (C=O) groups is 2. The minimum atomic E-state index is -5.08. The number of rotatable bonds is 5. The molecule has 0 aromatic heterocycles. The number of carbonyl (C=O) groups excluding carboxylic acids is 1. The summed E-state index contributed by atoms with van der Waals surface area (Å²) in [7, 11) is 0. The van der Waals surface area contributed by atoms with Crippen LogP contribution >= 0.6 is 12.2 Å². The zero-order valence-electron chi connectivity index (χ0n) is 17.2. The van der Waals surface area contributed by atoms with Crippen LogP contribution in [0, 0.1) is 11.6 Å². The molecule has 3 N–H and O–H groups in total. The van der Waals surface area contributed by atoms with Crippen molar-refractivity contribution in [3.05, 3.63) is 23.8 Å². The Morgan fingerprint density at radius 2 is 1.76 bits per heavy atom. The van der Waals surface area contributed by atoms with E-state index in [1.54, 1.807) is 4.90 Å². The molecule has 1 aromatic rings. The van der Waals surface area contributed by atoms with Crippen LogP contribution in [-0.2, 0) is 9.53 Å². The lowest BCUT2D eigenvalue weighted by molar-refractivity contribution is -0.192. The highest BCUT2D eigenvalue weighted by Crippen LogP contribution is 2.31. The number of piperazine rings is 1. The lowest BCUT2D eigenvalue weighted by Crippen LogP contribution is -2.44. The van der Waals surface area contributed by atoms with Gasteiger partial charge >= 0.3 is 18.2 Å². The number of nitrogens with zero attached hydrogens (tertiary/aromatic N) is 2. The van der Waals surface area contributed by atoms with Gasteiger partial charge in [0.15, 0.2) is 11.6 Å². The minimum Gasteiger partial charge on any atom is -0.475 e. The lowest BCUT2D eigenvalue weighted by Gasteiger charge is -2.30. The van der Waals surface area contributed by atoms with E-state index in [-0.39, 0.29) is 24.5 Å². The summed E-state index contributed by atoms with van der Waals surface area (Å²) in [6, 6.07) is 2.14. The fourth-order valence-corrected chi connectivity index (χ4v) is 3.11. The molecule has 2 aliphatic heterocycles. The summed E-state index contributed by atoms with van der Waals surface area (Å²) in [5.74, 6) is -4.31. The third-order valence-electron chi connectivity index (χ3n) is 4.57. The third kappa shape index (κ3) is 7.31. The Balaban J connectivity index is 0.000000509. The SMILES string of the molecule is O=C(O)C(F)(F)F.O=C1O[C@@H](CNC(=S)C(F)F)CN1c1cc(F)c(N2CCNCC2)c(F)c1. The van der Waals surface area contributed by atoms with Crippen molar-refractivity contribution in [2.75, 3.05) is 49.1 Å². The second-order valence-corrected chi connectivity index (χ2v) is 7.40. The molecular formula is C18H19F7N4O4S. The lowest BCUT2D eigenvalue weighted by atomic mass is 10.2. The van der Waals surface area contributed by atoms with Gasteiger partial charge in [-0.2, -0.15) is 13.2 Å². The molecule has 2 fully saturated rings. The molecule has 34 heavy (non-hydrogen) atoms. The van der Waals surface area contributed by atoms with Gasteiger partial charge in [0.25, 0.3) is 6.43 Å². The van der Waals surface area contributed by atoms with Gasteiger partial charge in [-0.15, -0.1) is 0 Å². The highest BCUT2D eigenvalue weighted by atomic mass is 32.1. The summed E-state index contributed by atoms with van der Waals surface area (Å²) >= 11 is 4.45. The number of benzene rings is 1. The van der Waals surface area contributed by atoms with Crippen LogP contribution in [0.2, 0.25) is 0 Å². The van der Waals surface area contributed by atoms with E-state index in [9.17, 15) is 35.5 Å². The highest BCUT2D eigenvalue weighted by Gasteiger charge is 2.38. The third-order valence-corrected chi connectivity index (χ3v) is 4.89. The van der Waals surface area contributed by atoms with E-state index in [0.717, 1.165) is 17.0 Å². The van der Waals surface area contributed by atoms with E-state index in [1.807, 2.05) is 0 Å². The Kier molecular flexibility index (Phi) is 9.26. The Morgan fingerprint density at radius 1 is 1.24 bits per heavy atom. The molecule has 190 valence electrons. The number of carboxylic acid groups (broad SMARTS) is 1. The van der Waals surface area contributed by atoms with Crippen molar-refractivity contribution in [3.63, 3.8) is 0 Å². The molecule has 0 bridgehead atoms. The summed E-state index contributed by atoms with van der Waals surface area (Å²) in [6.45, 7) is 2.02. The maximum Gasteiger partial charge on any atom is 0.490 e. The van der Waals surface area contributed by atoms with Gasteiger partial charge in [-0.3, -0.25) is 4.90 Å². The summed E-state index contributed by atoms with van der Waals surface area (Å²) < 4.78 is 90.6. The number of aliphatic carboxylic acids is 1. The van der Waals surface area contributed by atoms with Crippen LogP contribution in [0.15, 0.2) is 12.1 Å². The summed E-state index contributed by atoms with van der Waals surface area (Å²) in [5.41, 5.74) is -0.124. The molecule has 1 amide bonds. The van der Waals surface area contributed by atoms with Crippen molar-refractivity contribution in [3.8, 4) is 0 Å². The molecule has 0 spiro atoms. The smallest absolute Gasteiger partial charge is 0.475 e. The van der Waals surface area contributed by atoms with Gasteiger partial charge in [0, 0.05) is 38.3 Å². The van der Waals surface area contributed by atoms with Crippen molar-refractivity contribution in [1.82, 2.24) is 10.6 Å². The first-order valence-electron chi connectivity index (χ1n) is 9.60. The fourth-order valence-electron chi connectivity index (χ4n) is 3.03. The van der Waals surface area contributed by atoms with Crippen molar-refractivity contribution in [1.29, 1.82) is 0 Å². The molecule has 3 rings (SSSR count). The predicted octanol–water partition coefficient (Wildman–Crippen LogP) is 2.52. The summed E-state index contributed by atoms with van der Waals surface area (Å²) in [6.07, 6.45) is -9.47. The van der Waals surface area contributed by atoms with E-state index in [0.29, 0.717) is 26.2 Å². The van der Waals surface area contributed by atoms with Crippen molar-refractivity contribution in [2.45, 2.75) is 18.7 Å². The zero-order chi connectivity index (χ0) is 25.6. The number of anilines is 2. The Labute approximate surface area is 193 Å². The summed E-state index contributed by atoms with van der Waals surface area (Å²) in [4.78, 5) is 22.9. The van der Waals surface area contributed by atoms with E-state index in [1.165, 1.54) is 0 Å². The molecule has 1 atom stereocenters. The molecule has 8 nitrogen and oxygen atoms in total. The van der Waals surface area contributed by atoms with E-state index >= 15 is 0 Å². The van der Waals surface area contributed by atoms with Crippen LogP contribution < -0.4 is 20.4 Å². The number of alkyl halides is 5. The second kappa shape index (κ2) is 11.5. The number of hydrogen-bond donors (Lipinski definition) is 3. The van der Waals surface area contributed by atoms with Gasteiger partial charge in [0.1, 0.15) is 16.8 Å².